The van der Waals surface area contributed by atoms with Crippen LogP contribution in [-0.2, 0) is 31.3 Å². The summed E-state index contributed by atoms with van der Waals surface area (Å²) in [5, 5.41) is 5.81. The second-order valence-electron chi connectivity index (χ2n) is 14.3. The lowest BCUT2D eigenvalue weighted by Crippen LogP contribution is -2.60. The lowest BCUT2D eigenvalue weighted by Gasteiger charge is -2.47. The second kappa shape index (κ2) is 10.6. The molecule has 0 saturated carbocycles. The van der Waals surface area contributed by atoms with E-state index in [9.17, 15) is 4.79 Å². The number of benzene rings is 2. The molecule has 7 rings (SSSR count). The molecule has 2 aromatic carbocycles. The number of amides is 1. The highest BCUT2D eigenvalue weighted by molar-refractivity contribution is 5.98. The van der Waals surface area contributed by atoms with Crippen molar-refractivity contribution in [3.63, 3.8) is 0 Å². The van der Waals surface area contributed by atoms with Crippen LogP contribution in [0.1, 0.15) is 55.1 Å². The molecule has 3 aliphatic heterocycles. The monoisotopic (exact) mass is 592 g/mol. The highest BCUT2D eigenvalue weighted by Crippen LogP contribution is 2.46. The Hall–Kier alpha value is -3.91. The minimum Gasteiger partial charge on any atom is -0.444 e. The first-order valence-corrected chi connectivity index (χ1v) is 15.9. The zero-order chi connectivity index (χ0) is 30.8. The number of hydrogen-bond donors (Lipinski definition) is 0. The zero-order valence-electron chi connectivity index (χ0n) is 27.0. The molecule has 0 atom stereocenters. The van der Waals surface area contributed by atoms with E-state index in [1.807, 2.05) is 43.6 Å². The van der Waals surface area contributed by atoms with E-state index in [4.69, 9.17) is 9.72 Å². The molecule has 0 aliphatic carbocycles. The maximum atomic E-state index is 12.7. The van der Waals surface area contributed by atoms with Gasteiger partial charge in [0.25, 0.3) is 0 Å². The average molecular weight is 593 g/mol. The number of aryl methyl sites for hydroxylation is 2. The number of fused-ring (bicyclic) bond motifs is 2. The van der Waals surface area contributed by atoms with E-state index >= 15 is 0 Å². The average Bonchev–Trinajstić information content (AvgIpc) is 3.57. The van der Waals surface area contributed by atoms with Crippen molar-refractivity contribution in [1.29, 1.82) is 0 Å². The van der Waals surface area contributed by atoms with Gasteiger partial charge in [-0.15, -0.1) is 0 Å². The summed E-state index contributed by atoms with van der Waals surface area (Å²) in [6, 6.07) is 15.2. The Balaban J connectivity index is 1.25. The lowest BCUT2D eigenvalue weighted by molar-refractivity contribution is -0.0266. The zero-order valence-corrected chi connectivity index (χ0v) is 27.0. The summed E-state index contributed by atoms with van der Waals surface area (Å²) >= 11 is 0. The summed E-state index contributed by atoms with van der Waals surface area (Å²) in [7, 11) is 2.05. The Morgan fingerprint density at radius 1 is 1.00 bits per heavy atom. The molecule has 0 bridgehead atoms. The number of ether oxygens (including phenoxy) is 1. The predicted octanol–water partition coefficient (Wildman–Crippen LogP) is 6.26. The number of carbonyl (C=O) groups excluding carboxylic acids is 1. The number of rotatable bonds is 4. The first-order chi connectivity index (χ1) is 21.0. The Morgan fingerprint density at radius 3 is 2.52 bits per heavy atom. The van der Waals surface area contributed by atoms with Crippen LogP contribution in [0.15, 0.2) is 48.7 Å². The largest absolute Gasteiger partial charge is 0.444 e. The smallest absolute Gasteiger partial charge is 0.410 e. The summed E-state index contributed by atoms with van der Waals surface area (Å²) in [6.45, 7) is 16.4. The molecule has 1 amide bonds. The van der Waals surface area contributed by atoms with E-state index in [0.717, 1.165) is 69.9 Å². The molecule has 8 heteroatoms. The fraction of sp³-hybridized carbons (Fsp3) is 0.472. The number of pyridine rings is 1. The molecule has 2 saturated heterocycles. The number of hydrogen-bond acceptors (Lipinski definition) is 6. The lowest BCUT2D eigenvalue weighted by atomic mass is 9.79. The van der Waals surface area contributed by atoms with Crippen LogP contribution in [0.3, 0.4) is 0 Å². The minimum atomic E-state index is -0.481. The van der Waals surface area contributed by atoms with Crippen LogP contribution in [0.2, 0.25) is 0 Å². The van der Waals surface area contributed by atoms with Gasteiger partial charge in [0.05, 0.1) is 17.4 Å². The summed E-state index contributed by atoms with van der Waals surface area (Å²) in [4.78, 5) is 25.1. The quantitative estimate of drug-likeness (QED) is 0.279. The van der Waals surface area contributed by atoms with Gasteiger partial charge in [-0.3, -0.25) is 9.58 Å². The topological polar surface area (TPSA) is 66.7 Å². The second-order valence-corrected chi connectivity index (χ2v) is 14.3. The Bertz CT molecular complexity index is 1730. The van der Waals surface area contributed by atoms with Gasteiger partial charge >= 0.3 is 6.09 Å². The van der Waals surface area contributed by atoms with Gasteiger partial charge in [0, 0.05) is 69.2 Å². The maximum Gasteiger partial charge on any atom is 0.410 e. The van der Waals surface area contributed by atoms with Crippen LogP contribution in [0, 0.1) is 19.3 Å². The van der Waals surface area contributed by atoms with Crippen molar-refractivity contribution < 1.29 is 9.53 Å². The van der Waals surface area contributed by atoms with Crippen molar-refractivity contribution in [3.05, 3.63) is 76.6 Å². The van der Waals surface area contributed by atoms with Crippen molar-refractivity contribution in [3.8, 4) is 11.1 Å². The maximum absolute atomic E-state index is 12.7. The van der Waals surface area contributed by atoms with Crippen LogP contribution < -0.4 is 4.90 Å². The summed E-state index contributed by atoms with van der Waals surface area (Å²) in [5.74, 6) is 1.09. The van der Waals surface area contributed by atoms with Crippen LogP contribution in [0.4, 0.5) is 10.6 Å². The molecule has 4 aromatic rings. The van der Waals surface area contributed by atoms with Crippen LogP contribution in [0.5, 0.6) is 0 Å². The van der Waals surface area contributed by atoms with Gasteiger partial charge < -0.3 is 14.5 Å². The molecule has 0 radical (unpaired) electrons. The summed E-state index contributed by atoms with van der Waals surface area (Å²) < 4.78 is 7.68. The first kappa shape index (κ1) is 28.8. The molecular formula is C36H44N6O2. The van der Waals surface area contributed by atoms with E-state index in [1.165, 1.54) is 44.6 Å². The highest BCUT2D eigenvalue weighted by Gasteiger charge is 2.51. The first-order valence-electron chi connectivity index (χ1n) is 15.9. The molecule has 230 valence electrons. The van der Waals surface area contributed by atoms with Crippen LogP contribution >= 0.6 is 0 Å². The third-order valence-corrected chi connectivity index (χ3v) is 9.71. The van der Waals surface area contributed by atoms with Gasteiger partial charge in [0.15, 0.2) is 0 Å². The van der Waals surface area contributed by atoms with Gasteiger partial charge in [0.2, 0.25) is 0 Å². The van der Waals surface area contributed by atoms with Crippen molar-refractivity contribution in [2.75, 3.05) is 37.6 Å². The van der Waals surface area contributed by atoms with Gasteiger partial charge in [-0.05, 0) is 75.3 Å². The molecular weight excluding hydrogens is 548 g/mol. The summed E-state index contributed by atoms with van der Waals surface area (Å²) in [6.07, 6.45) is 3.79. The fourth-order valence-electron chi connectivity index (χ4n) is 7.62. The minimum absolute atomic E-state index is 0.0956. The van der Waals surface area contributed by atoms with E-state index in [2.05, 4.69) is 71.2 Å². The van der Waals surface area contributed by atoms with E-state index in [-0.39, 0.29) is 11.5 Å². The van der Waals surface area contributed by atoms with Gasteiger partial charge in [-0.1, -0.05) is 42.5 Å². The van der Waals surface area contributed by atoms with Crippen molar-refractivity contribution >= 4 is 22.8 Å². The van der Waals surface area contributed by atoms with E-state index < -0.39 is 5.60 Å². The third-order valence-electron chi connectivity index (χ3n) is 9.71. The Kier molecular flexibility index (Phi) is 6.96. The SMILES string of the molecule is Cc1ccc2cnn(C)c2c1-c1c(C)c(N2CCC3(CN(C(=O)OC(C)(C)C)C3)C2)nc2c1CCN(Cc1ccccc1)C2. The summed E-state index contributed by atoms with van der Waals surface area (Å²) in [5.41, 5.74) is 9.82. The normalized spacial score (nSPS) is 18.1. The number of aromatic nitrogens is 3. The number of likely N-dealkylation sites (tertiary alicyclic amines) is 1. The number of nitrogens with zero attached hydrogens (tertiary/aromatic N) is 6. The molecule has 0 N–H and O–H groups in total. The van der Waals surface area contributed by atoms with Crippen molar-refractivity contribution in [2.24, 2.45) is 12.5 Å². The number of carbonyl (C=O) groups is 1. The van der Waals surface area contributed by atoms with Gasteiger partial charge in [0.1, 0.15) is 11.4 Å². The van der Waals surface area contributed by atoms with Crippen molar-refractivity contribution in [2.45, 2.75) is 66.2 Å². The third kappa shape index (κ3) is 5.13. The molecule has 2 fully saturated rings. The van der Waals surface area contributed by atoms with E-state index in [1.54, 1.807) is 0 Å². The Labute approximate surface area is 260 Å². The standard InChI is InChI=1S/C36H44N6O2/c1-24-12-13-27-18-37-39(6)32(27)30(24)31-25(2)33(38-29-20-40(16-14-28(29)31)19-26-10-8-7-9-11-26)41-17-15-36(21-41)22-42(23-36)34(43)44-35(3,4)5/h7-13,18H,14-17,19-23H2,1-6H3. The number of anilines is 1. The predicted molar refractivity (Wildman–Crippen MR) is 175 cm³/mol. The molecule has 8 nitrogen and oxygen atoms in total. The van der Waals surface area contributed by atoms with Gasteiger partial charge in [-0.2, -0.15) is 5.10 Å². The molecule has 1 spiro atoms. The van der Waals surface area contributed by atoms with Gasteiger partial charge in [-0.25, -0.2) is 9.78 Å². The molecule has 5 heterocycles. The Morgan fingerprint density at radius 2 is 1.77 bits per heavy atom. The molecule has 0 unspecified atom stereocenters. The molecule has 44 heavy (non-hydrogen) atoms. The van der Waals surface area contributed by atoms with Crippen molar-refractivity contribution in [1.82, 2.24) is 24.6 Å². The fourth-order valence-corrected chi connectivity index (χ4v) is 7.62. The van der Waals surface area contributed by atoms with E-state index in [0.29, 0.717) is 0 Å². The molecule has 2 aromatic heterocycles. The van der Waals surface area contributed by atoms with Crippen LogP contribution in [-0.4, -0.2) is 69.0 Å². The highest BCUT2D eigenvalue weighted by atomic mass is 16.6. The molecule has 3 aliphatic rings. The van der Waals surface area contributed by atoms with Crippen LogP contribution in [0.25, 0.3) is 22.0 Å².